The summed E-state index contributed by atoms with van der Waals surface area (Å²) in [6.07, 6.45) is 8.76. The average Bonchev–Trinajstić information content (AvgIpc) is 3.76. The molecule has 9 rings (SSSR count). The highest BCUT2D eigenvalue weighted by Gasteiger charge is 2.31. The number of piperidine rings is 2. The van der Waals surface area contributed by atoms with E-state index in [1.165, 1.54) is 44.3 Å². The first-order valence-corrected chi connectivity index (χ1v) is 22.2. The molecule has 5 aliphatic rings. The van der Waals surface area contributed by atoms with E-state index >= 15 is 0 Å². The number of likely N-dealkylation sites (tertiary alicyclic amines) is 2. The van der Waals surface area contributed by atoms with Crippen molar-refractivity contribution in [1.29, 1.82) is 0 Å². The molecule has 2 aromatic heterocycles. The molecule has 314 valence electrons. The normalized spacial score (nSPS) is 19.9. The summed E-state index contributed by atoms with van der Waals surface area (Å²) in [4.78, 5) is 33.0. The Balaban J connectivity index is 0.000000165. The van der Waals surface area contributed by atoms with Crippen LogP contribution in [0.2, 0.25) is 0 Å². The van der Waals surface area contributed by atoms with Gasteiger partial charge >= 0.3 is 0 Å². The molecule has 11 heteroatoms. The van der Waals surface area contributed by atoms with Crippen molar-refractivity contribution in [3.8, 4) is 0 Å². The van der Waals surface area contributed by atoms with Crippen molar-refractivity contribution in [3.63, 3.8) is 0 Å². The van der Waals surface area contributed by atoms with E-state index in [9.17, 15) is 9.59 Å². The largest absolute Gasteiger partial charge is 0.383 e. The molecule has 0 unspecified atom stereocenters. The van der Waals surface area contributed by atoms with Crippen molar-refractivity contribution in [2.75, 3.05) is 79.9 Å². The molecule has 3 saturated heterocycles. The summed E-state index contributed by atoms with van der Waals surface area (Å²) in [5.74, 6) is 1.82. The summed E-state index contributed by atoms with van der Waals surface area (Å²) in [6, 6.07) is 13.2. The fraction of sp³-hybridized carbons (Fsp3) is 0.617. The fourth-order valence-electron chi connectivity index (χ4n) is 10.1. The summed E-state index contributed by atoms with van der Waals surface area (Å²) in [5, 5.41) is 5.96. The summed E-state index contributed by atoms with van der Waals surface area (Å²) >= 11 is 0. The first-order chi connectivity index (χ1) is 28.3. The minimum absolute atomic E-state index is 0.181. The molecule has 58 heavy (non-hydrogen) atoms. The van der Waals surface area contributed by atoms with E-state index in [1.54, 1.807) is 14.2 Å². The molecule has 5 aliphatic heterocycles. The third-order valence-electron chi connectivity index (χ3n) is 13.8. The van der Waals surface area contributed by atoms with Gasteiger partial charge in [-0.25, -0.2) is 0 Å². The highest BCUT2D eigenvalue weighted by Crippen LogP contribution is 2.35. The van der Waals surface area contributed by atoms with Crippen LogP contribution in [0, 0.1) is 11.8 Å². The van der Waals surface area contributed by atoms with Crippen molar-refractivity contribution < 1.29 is 23.8 Å². The smallest absolute Gasteiger partial charge is 0.253 e. The van der Waals surface area contributed by atoms with Gasteiger partial charge in [0.1, 0.15) is 0 Å². The second-order valence-corrected chi connectivity index (χ2v) is 17.5. The number of nitrogens with one attached hydrogen (secondary N) is 1. The number of carbonyl (C=O) groups excluding carboxylic acids is 2. The van der Waals surface area contributed by atoms with E-state index in [-0.39, 0.29) is 11.8 Å². The molecule has 2 aromatic carbocycles. The summed E-state index contributed by atoms with van der Waals surface area (Å²) in [6.45, 7) is 16.9. The van der Waals surface area contributed by atoms with Crippen molar-refractivity contribution >= 4 is 33.6 Å². The third kappa shape index (κ3) is 8.61. The Morgan fingerprint density at radius 3 is 1.74 bits per heavy atom. The lowest BCUT2D eigenvalue weighted by molar-refractivity contribution is 0.0288. The Kier molecular flexibility index (Phi) is 13.2. The molecular formula is C47H66N6O5. The number of methoxy groups -OCH3 is 2. The predicted molar refractivity (Wildman–Crippen MR) is 230 cm³/mol. The van der Waals surface area contributed by atoms with Gasteiger partial charge in [0.2, 0.25) is 0 Å². The number of rotatable bonds is 9. The molecular weight excluding hydrogens is 729 g/mol. The average molecular weight is 795 g/mol. The van der Waals surface area contributed by atoms with Gasteiger partial charge in [-0.3, -0.25) is 14.5 Å². The molecule has 1 N–H and O–H groups in total. The number of benzene rings is 2. The molecule has 11 nitrogen and oxygen atoms in total. The molecule has 7 heterocycles. The van der Waals surface area contributed by atoms with Gasteiger partial charge in [0.25, 0.3) is 11.8 Å². The minimum Gasteiger partial charge on any atom is -0.383 e. The van der Waals surface area contributed by atoms with Gasteiger partial charge in [-0.2, -0.15) is 0 Å². The fourth-order valence-corrected chi connectivity index (χ4v) is 10.1. The quantitative estimate of drug-likeness (QED) is 0.207. The van der Waals surface area contributed by atoms with Gasteiger partial charge in [-0.05, 0) is 97.9 Å². The van der Waals surface area contributed by atoms with Crippen LogP contribution < -0.4 is 5.32 Å². The van der Waals surface area contributed by atoms with E-state index in [4.69, 9.17) is 14.2 Å². The maximum absolute atomic E-state index is 13.3. The zero-order chi connectivity index (χ0) is 40.2. The highest BCUT2D eigenvalue weighted by molar-refractivity contribution is 6.00. The monoisotopic (exact) mass is 795 g/mol. The van der Waals surface area contributed by atoms with Gasteiger partial charge in [0, 0.05) is 156 Å². The van der Waals surface area contributed by atoms with E-state index in [0.717, 1.165) is 153 Å². The van der Waals surface area contributed by atoms with Crippen molar-refractivity contribution in [1.82, 2.24) is 29.2 Å². The zero-order valence-electron chi connectivity index (χ0n) is 35.5. The minimum atomic E-state index is 0.181. The standard InChI is InChI=1S/C26H37N3O3.C21H29N3O2/c1-19-5-10-27(11-6-19)26(30)20-3-4-24-22(17-20)23-18-28(21-8-14-32-15-9-21)12-7-25(23)29(24)13-16-31-2;1-15-6-9-23(10-7-15)21(25)16-3-4-19-17(13-16)18-14-22-8-5-20(18)24(19)11-12-26-2/h3-4,17,19,21H,5-16,18H2,1-2H3;3-4,13,15,22H,5-12,14H2,1-2H3. The third-order valence-corrected chi connectivity index (χ3v) is 13.8. The highest BCUT2D eigenvalue weighted by atomic mass is 16.5. The molecule has 3 fully saturated rings. The van der Waals surface area contributed by atoms with E-state index < -0.39 is 0 Å². The van der Waals surface area contributed by atoms with Crippen LogP contribution >= 0.6 is 0 Å². The maximum atomic E-state index is 13.3. The number of hydrogen-bond acceptors (Lipinski definition) is 7. The lowest BCUT2D eigenvalue weighted by Crippen LogP contribution is -2.42. The molecule has 4 aromatic rings. The van der Waals surface area contributed by atoms with Crippen LogP contribution in [-0.4, -0.2) is 122 Å². The molecule has 0 radical (unpaired) electrons. The SMILES string of the molecule is COCCn1c2c(c3cc(C(=O)N4CCC(C)CC4)ccc31)CN(C1CCOCC1)CC2.COCCn1c2c(c3cc(C(=O)N4CCC(C)CC4)ccc31)CNCC2. The van der Waals surface area contributed by atoms with Gasteiger partial charge < -0.3 is 38.5 Å². The van der Waals surface area contributed by atoms with Gasteiger partial charge in [-0.1, -0.05) is 13.8 Å². The van der Waals surface area contributed by atoms with Crippen molar-refractivity contribution in [3.05, 3.63) is 70.0 Å². The molecule has 0 spiro atoms. The lowest BCUT2D eigenvalue weighted by atomic mass is 9.97. The molecule has 0 saturated carbocycles. The van der Waals surface area contributed by atoms with Gasteiger partial charge in [0.05, 0.1) is 13.2 Å². The first-order valence-electron chi connectivity index (χ1n) is 22.2. The number of nitrogens with zero attached hydrogens (tertiary/aromatic N) is 5. The Morgan fingerprint density at radius 2 is 1.21 bits per heavy atom. The molecule has 2 amide bonds. The van der Waals surface area contributed by atoms with Crippen LogP contribution in [0.15, 0.2) is 36.4 Å². The number of ether oxygens (including phenoxy) is 3. The Bertz CT molecular complexity index is 2050. The van der Waals surface area contributed by atoms with Crippen LogP contribution in [0.5, 0.6) is 0 Å². The van der Waals surface area contributed by atoms with Gasteiger partial charge in [-0.15, -0.1) is 0 Å². The van der Waals surface area contributed by atoms with Crippen molar-refractivity contribution in [2.24, 2.45) is 11.8 Å². The Labute approximate surface area is 344 Å². The first kappa shape index (κ1) is 41.0. The topological polar surface area (TPSA) is 93.4 Å². The predicted octanol–water partition coefficient (Wildman–Crippen LogP) is 6.50. The van der Waals surface area contributed by atoms with Crippen molar-refractivity contribution in [2.45, 2.75) is 97.4 Å². The van der Waals surface area contributed by atoms with Gasteiger partial charge in [0.15, 0.2) is 0 Å². The second-order valence-electron chi connectivity index (χ2n) is 17.5. The number of fused-ring (bicyclic) bond motifs is 6. The number of aromatic nitrogens is 2. The Hall–Kier alpha value is -3.74. The molecule has 0 bridgehead atoms. The summed E-state index contributed by atoms with van der Waals surface area (Å²) in [7, 11) is 3.51. The number of carbonyl (C=O) groups is 2. The van der Waals surface area contributed by atoms with Crippen LogP contribution in [0.4, 0.5) is 0 Å². The van der Waals surface area contributed by atoms with E-state index in [0.29, 0.717) is 19.3 Å². The van der Waals surface area contributed by atoms with Crippen LogP contribution in [-0.2, 0) is 53.2 Å². The lowest BCUT2D eigenvalue weighted by Gasteiger charge is -2.37. The second kappa shape index (κ2) is 18.7. The zero-order valence-corrected chi connectivity index (χ0v) is 35.5. The molecule has 0 aliphatic carbocycles. The maximum Gasteiger partial charge on any atom is 0.253 e. The van der Waals surface area contributed by atoms with Crippen LogP contribution in [0.1, 0.15) is 95.6 Å². The van der Waals surface area contributed by atoms with Crippen LogP contribution in [0.25, 0.3) is 21.8 Å². The molecule has 0 atom stereocenters. The number of amides is 2. The van der Waals surface area contributed by atoms with E-state index in [2.05, 4.69) is 57.5 Å². The summed E-state index contributed by atoms with van der Waals surface area (Å²) < 4.78 is 21.1. The van der Waals surface area contributed by atoms with E-state index in [1.807, 2.05) is 21.9 Å². The number of hydrogen-bond donors (Lipinski definition) is 1. The Morgan fingerprint density at radius 1 is 0.690 bits per heavy atom. The van der Waals surface area contributed by atoms with Crippen LogP contribution in [0.3, 0.4) is 0 Å². The summed E-state index contributed by atoms with van der Waals surface area (Å²) in [5.41, 5.74) is 9.71.